The van der Waals surface area contributed by atoms with Crippen LogP contribution in [0, 0.1) is 17.3 Å². The van der Waals surface area contributed by atoms with Gasteiger partial charge in [0.05, 0.1) is 11.8 Å². The van der Waals surface area contributed by atoms with E-state index in [1.807, 2.05) is 13.8 Å². The Balaban J connectivity index is 0.00000264. The fourth-order valence-electron chi connectivity index (χ4n) is 3.44. The highest BCUT2D eigenvalue weighted by Gasteiger charge is 2.48. The third-order valence-corrected chi connectivity index (χ3v) is 4.87. The molecule has 132 valence electrons. The maximum absolute atomic E-state index is 12.4. The summed E-state index contributed by atoms with van der Waals surface area (Å²) in [5.74, 6) is -0.911. The van der Waals surface area contributed by atoms with Crippen LogP contribution in [0.1, 0.15) is 39.5 Å². The van der Waals surface area contributed by atoms with Gasteiger partial charge < -0.3 is 10.6 Å². The second-order valence-corrected chi connectivity index (χ2v) is 7.38. The van der Waals surface area contributed by atoms with Crippen LogP contribution in [0.15, 0.2) is 0 Å². The van der Waals surface area contributed by atoms with Crippen molar-refractivity contribution < 1.29 is 14.4 Å². The molecule has 2 unspecified atom stereocenters. The van der Waals surface area contributed by atoms with Crippen molar-refractivity contribution >= 4 is 30.1 Å². The summed E-state index contributed by atoms with van der Waals surface area (Å²) in [7, 11) is 1.69. The molecule has 0 aromatic carbocycles. The minimum Gasteiger partial charge on any atom is -0.344 e. The van der Waals surface area contributed by atoms with E-state index in [1.165, 1.54) is 4.90 Å². The molecule has 0 radical (unpaired) electrons. The normalized spacial score (nSPS) is 24.3. The Labute approximate surface area is 144 Å². The Morgan fingerprint density at radius 1 is 1.22 bits per heavy atom. The van der Waals surface area contributed by atoms with Gasteiger partial charge in [0.15, 0.2) is 0 Å². The summed E-state index contributed by atoms with van der Waals surface area (Å²) in [4.78, 5) is 39.8. The van der Waals surface area contributed by atoms with E-state index < -0.39 is 0 Å². The third kappa shape index (κ3) is 4.23. The predicted octanol–water partition coefficient (Wildman–Crippen LogP) is 1.03. The summed E-state index contributed by atoms with van der Waals surface area (Å²) >= 11 is 0. The lowest BCUT2D eigenvalue weighted by molar-refractivity contribution is -0.146. The molecule has 2 atom stereocenters. The van der Waals surface area contributed by atoms with Crippen molar-refractivity contribution in [3.8, 4) is 0 Å². The lowest BCUT2D eigenvalue weighted by atomic mass is 9.81. The van der Waals surface area contributed by atoms with Gasteiger partial charge in [-0.1, -0.05) is 26.7 Å². The molecule has 7 heteroatoms. The zero-order valence-corrected chi connectivity index (χ0v) is 15.0. The van der Waals surface area contributed by atoms with Gasteiger partial charge in [0.1, 0.15) is 6.54 Å². The Morgan fingerprint density at radius 3 is 2.13 bits per heavy atom. The fraction of sp³-hybridized carbons (Fsp3) is 0.812. The predicted molar refractivity (Wildman–Crippen MR) is 89.9 cm³/mol. The van der Waals surface area contributed by atoms with Crippen LogP contribution in [-0.2, 0) is 14.4 Å². The summed E-state index contributed by atoms with van der Waals surface area (Å²) in [5.41, 5.74) is 5.50. The molecule has 2 aliphatic rings. The van der Waals surface area contributed by atoms with Crippen molar-refractivity contribution in [2.45, 2.75) is 39.5 Å². The third-order valence-electron chi connectivity index (χ3n) is 4.87. The van der Waals surface area contributed by atoms with E-state index >= 15 is 0 Å². The summed E-state index contributed by atoms with van der Waals surface area (Å²) < 4.78 is 0. The Morgan fingerprint density at radius 2 is 1.70 bits per heavy atom. The molecule has 6 nitrogen and oxygen atoms in total. The first-order chi connectivity index (χ1) is 10.3. The molecule has 1 heterocycles. The number of halogens is 1. The van der Waals surface area contributed by atoms with Gasteiger partial charge in [0, 0.05) is 13.6 Å². The van der Waals surface area contributed by atoms with Crippen LogP contribution in [0.4, 0.5) is 0 Å². The van der Waals surface area contributed by atoms with Gasteiger partial charge in [-0.2, -0.15) is 0 Å². The standard InChI is InChI=1S/C16H27N3O3.ClH/c1-16(2,9-17)10-18(3)13(20)8-19-14(21)11-6-4-5-7-12(11)15(19)22;/h11-12H,4-10,17H2,1-3H3;1H. The molecule has 0 bridgehead atoms. The van der Waals surface area contributed by atoms with Gasteiger partial charge in [-0.15, -0.1) is 12.4 Å². The highest BCUT2D eigenvalue weighted by molar-refractivity contribution is 6.07. The lowest BCUT2D eigenvalue weighted by Gasteiger charge is -2.30. The van der Waals surface area contributed by atoms with Gasteiger partial charge in [0.25, 0.3) is 0 Å². The number of imide groups is 1. The van der Waals surface area contributed by atoms with Crippen molar-refractivity contribution in [2.24, 2.45) is 23.0 Å². The van der Waals surface area contributed by atoms with Crippen LogP contribution in [-0.4, -0.2) is 54.2 Å². The van der Waals surface area contributed by atoms with E-state index in [0.29, 0.717) is 13.1 Å². The fourth-order valence-corrected chi connectivity index (χ4v) is 3.44. The van der Waals surface area contributed by atoms with Gasteiger partial charge in [-0.05, 0) is 24.8 Å². The minimum atomic E-state index is -0.207. The molecule has 2 rings (SSSR count). The number of likely N-dealkylation sites (tertiary alicyclic amines) is 1. The Bertz CT molecular complexity index is 457. The maximum Gasteiger partial charge on any atom is 0.242 e. The number of likely N-dealkylation sites (N-methyl/N-ethyl adjacent to an activating group) is 1. The molecular weight excluding hydrogens is 318 g/mol. The number of nitrogens with two attached hydrogens (primary N) is 1. The summed E-state index contributed by atoms with van der Waals surface area (Å²) in [6, 6.07) is 0. The number of carbonyl (C=O) groups is 3. The molecule has 0 aromatic rings. The van der Waals surface area contributed by atoms with Crippen LogP contribution in [0.3, 0.4) is 0 Å². The number of fused-ring (bicyclic) bond motifs is 1. The zero-order valence-electron chi connectivity index (χ0n) is 14.2. The van der Waals surface area contributed by atoms with E-state index in [1.54, 1.807) is 11.9 Å². The number of nitrogens with zero attached hydrogens (tertiary/aromatic N) is 2. The molecule has 1 aliphatic heterocycles. The Hall–Kier alpha value is -1.14. The molecule has 0 spiro atoms. The average Bonchev–Trinajstić information content (AvgIpc) is 2.72. The second-order valence-electron chi connectivity index (χ2n) is 7.38. The molecule has 2 fully saturated rings. The molecule has 2 N–H and O–H groups in total. The number of rotatable bonds is 5. The molecule has 0 aromatic heterocycles. The highest BCUT2D eigenvalue weighted by atomic mass is 35.5. The van der Waals surface area contributed by atoms with Crippen LogP contribution >= 0.6 is 12.4 Å². The topological polar surface area (TPSA) is 83.7 Å². The van der Waals surface area contributed by atoms with Crippen molar-refractivity contribution in [3.05, 3.63) is 0 Å². The van der Waals surface area contributed by atoms with E-state index in [9.17, 15) is 14.4 Å². The Kier molecular flexibility index (Phi) is 6.59. The first-order valence-electron chi connectivity index (χ1n) is 8.06. The molecule has 1 saturated carbocycles. The number of carbonyl (C=O) groups excluding carboxylic acids is 3. The van der Waals surface area contributed by atoms with Gasteiger partial charge in [-0.25, -0.2) is 0 Å². The summed E-state index contributed by atoms with van der Waals surface area (Å²) in [6.45, 7) is 4.80. The first kappa shape index (κ1) is 19.9. The number of amides is 3. The largest absolute Gasteiger partial charge is 0.344 e. The summed E-state index contributed by atoms with van der Waals surface area (Å²) in [6.07, 6.45) is 3.53. The number of hydrogen-bond donors (Lipinski definition) is 1. The van der Waals surface area contributed by atoms with Gasteiger partial charge in [0.2, 0.25) is 17.7 Å². The minimum absolute atomic E-state index is 0. The molecule has 1 saturated heterocycles. The van der Waals surface area contributed by atoms with Crippen molar-refractivity contribution in [3.63, 3.8) is 0 Å². The molecule has 3 amide bonds. The van der Waals surface area contributed by atoms with E-state index in [-0.39, 0.29) is 53.9 Å². The van der Waals surface area contributed by atoms with Gasteiger partial charge >= 0.3 is 0 Å². The second kappa shape index (κ2) is 7.62. The quantitative estimate of drug-likeness (QED) is 0.754. The first-order valence-corrected chi connectivity index (χ1v) is 8.06. The molecule has 1 aliphatic carbocycles. The zero-order chi connectivity index (χ0) is 16.5. The average molecular weight is 346 g/mol. The van der Waals surface area contributed by atoms with Crippen molar-refractivity contribution in [1.82, 2.24) is 9.80 Å². The lowest BCUT2D eigenvalue weighted by Crippen LogP contribution is -2.45. The maximum atomic E-state index is 12.4. The van der Waals surface area contributed by atoms with Crippen LogP contribution < -0.4 is 5.73 Å². The summed E-state index contributed by atoms with van der Waals surface area (Å²) in [5, 5.41) is 0. The SMILES string of the molecule is CN(CC(C)(C)CN)C(=O)CN1C(=O)C2CCCCC2C1=O.Cl. The van der Waals surface area contributed by atoms with E-state index in [2.05, 4.69) is 0 Å². The smallest absolute Gasteiger partial charge is 0.242 e. The van der Waals surface area contributed by atoms with Gasteiger partial charge in [-0.3, -0.25) is 19.3 Å². The highest BCUT2D eigenvalue weighted by Crippen LogP contribution is 2.37. The van der Waals surface area contributed by atoms with Crippen LogP contribution in [0.5, 0.6) is 0 Å². The number of hydrogen-bond acceptors (Lipinski definition) is 4. The van der Waals surface area contributed by atoms with Crippen LogP contribution in [0.25, 0.3) is 0 Å². The van der Waals surface area contributed by atoms with Crippen molar-refractivity contribution in [2.75, 3.05) is 26.7 Å². The monoisotopic (exact) mass is 345 g/mol. The molecule has 23 heavy (non-hydrogen) atoms. The molecular formula is C16H28ClN3O3. The van der Waals surface area contributed by atoms with Crippen molar-refractivity contribution in [1.29, 1.82) is 0 Å². The van der Waals surface area contributed by atoms with E-state index in [0.717, 1.165) is 25.7 Å². The van der Waals surface area contributed by atoms with Crippen LogP contribution in [0.2, 0.25) is 0 Å². The van der Waals surface area contributed by atoms with E-state index in [4.69, 9.17) is 5.73 Å².